The zero-order valence-electron chi connectivity index (χ0n) is 9.90. The minimum atomic E-state index is -0.0650. The summed E-state index contributed by atoms with van der Waals surface area (Å²) in [6, 6.07) is 8.61. The molecule has 0 aliphatic carbocycles. The molecule has 1 heterocycles. The molecule has 0 N–H and O–H groups in total. The number of hydrogen-bond donors (Lipinski definition) is 0. The van der Waals surface area contributed by atoms with Crippen LogP contribution in [0, 0.1) is 0 Å². The highest BCUT2D eigenvalue weighted by molar-refractivity contribution is 5.77. The van der Waals surface area contributed by atoms with E-state index in [1.54, 1.807) is 18.2 Å². The molecule has 1 aromatic heterocycles. The molecule has 1 atom stereocenters. The number of fused-ring (bicyclic) bond motifs is 1. The summed E-state index contributed by atoms with van der Waals surface area (Å²) in [5.41, 5.74) is 0.516. The number of hydrogen-bond acceptors (Lipinski definition) is 3. The first kappa shape index (κ1) is 11.6. The van der Waals surface area contributed by atoms with Gasteiger partial charge in [0, 0.05) is 18.4 Å². The number of carbonyl (C=O) groups is 1. The van der Waals surface area contributed by atoms with Crippen molar-refractivity contribution in [3.8, 4) is 0 Å². The fourth-order valence-electron chi connectivity index (χ4n) is 1.90. The maximum atomic E-state index is 11.8. The van der Waals surface area contributed by atoms with E-state index >= 15 is 0 Å². The van der Waals surface area contributed by atoms with E-state index in [-0.39, 0.29) is 17.1 Å². The smallest absolute Gasteiger partial charge is 0.192 e. The van der Waals surface area contributed by atoms with Crippen molar-refractivity contribution in [3.63, 3.8) is 0 Å². The van der Waals surface area contributed by atoms with Crippen LogP contribution in [0.15, 0.2) is 39.5 Å². The Hall–Kier alpha value is -1.90. The topological polar surface area (TPSA) is 47.3 Å². The zero-order chi connectivity index (χ0) is 12.4. The van der Waals surface area contributed by atoms with Crippen molar-refractivity contribution in [3.05, 3.63) is 46.3 Å². The lowest BCUT2D eigenvalue weighted by atomic mass is 10.0. The van der Waals surface area contributed by atoms with Gasteiger partial charge in [-0.2, -0.15) is 0 Å². The van der Waals surface area contributed by atoms with Crippen LogP contribution >= 0.6 is 0 Å². The average Bonchev–Trinajstić information content (AvgIpc) is 2.28. The van der Waals surface area contributed by atoms with Crippen LogP contribution in [0.2, 0.25) is 0 Å². The minimum absolute atomic E-state index is 0.0581. The van der Waals surface area contributed by atoms with E-state index in [1.165, 1.54) is 13.0 Å². The normalized spacial score (nSPS) is 12.6. The van der Waals surface area contributed by atoms with Gasteiger partial charge in [-0.1, -0.05) is 19.1 Å². The van der Waals surface area contributed by atoms with Crippen molar-refractivity contribution in [1.29, 1.82) is 0 Å². The fraction of sp³-hybridized carbons (Fsp3) is 0.286. The molecule has 0 aliphatic heterocycles. The Bertz CT molecular complexity index is 610. The molecule has 0 saturated heterocycles. The lowest BCUT2D eigenvalue weighted by Crippen LogP contribution is -2.06. The molecular formula is C14H14O3. The molecule has 0 bridgehead atoms. The van der Waals surface area contributed by atoms with Gasteiger partial charge in [0.15, 0.2) is 5.43 Å². The van der Waals surface area contributed by atoms with Gasteiger partial charge in [0.05, 0.1) is 5.39 Å². The minimum Gasteiger partial charge on any atom is -0.461 e. The summed E-state index contributed by atoms with van der Waals surface area (Å²) in [6.45, 7) is 3.42. The molecule has 0 spiro atoms. The largest absolute Gasteiger partial charge is 0.461 e. The number of carbonyl (C=O) groups excluding carboxylic acids is 1. The number of rotatable bonds is 3. The van der Waals surface area contributed by atoms with E-state index < -0.39 is 0 Å². The molecule has 0 fully saturated rings. The molecule has 1 aromatic carbocycles. The highest BCUT2D eigenvalue weighted by Gasteiger charge is 2.13. The molecular weight excluding hydrogens is 216 g/mol. The third-order valence-electron chi connectivity index (χ3n) is 2.73. The van der Waals surface area contributed by atoms with Crippen LogP contribution in [-0.2, 0) is 4.79 Å². The van der Waals surface area contributed by atoms with Gasteiger partial charge in [0.1, 0.15) is 17.1 Å². The van der Waals surface area contributed by atoms with E-state index in [4.69, 9.17) is 4.42 Å². The summed E-state index contributed by atoms with van der Waals surface area (Å²) in [6.07, 6.45) is 0.390. The Morgan fingerprint density at radius 2 is 2.06 bits per heavy atom. The van der Waals surface area contributed by atoms with Crippen molar-refractivity contribution < 1.29 is 9.21 Å². The van der Waals surface area contributed by atoms with E-state index in [1.807, 2.05) is 13.0 Å². The van der Waals surface area contributed by atoms with Gasteiger partial charge < -0.3 is 9.21 Å². The summed E-state index contributed by atoms with van der Waals surface area (Å²) in [4.78, 5) is 22.9. The van der Waals surface area contributed by atoms with Crippen molar-refractivity contribution in [1.82, 2.24) is 0 Å². The standard InChI is InChI=1S/C14H14O3/c1-9(7-10(2)15)14-8-12(16)11-5-3-4-6-13(11)17-14/h3-6,8-9H,7H2,1-2H3. The van der Waals surface area contributed by atoms with Crippen molar-refractivity contribution in [2.45, 2.75) is 26.2 Å². The van der Waals surface area contributed by atoms with Crippen LogP contribution in [-0.4, -0.2) is 5.78 Å². The van der Waals surface area contributed by atoms with Gasteiger partial charge >= 0.3 is 0 Å². The van der Waals surface area contributed by atoms with Gasteiger partial charge in [-0.3, -0.25) is 4.79 Å². The maximum Gasteiger partial charge on any atom is 0.192 e. The van der Waals surface area contributed by atoms with Crippen molar-refractivity contribution in [2.75, 3.05) is 0 Å². The third-order valence-corrected chi connectivity index (χ3v) is 2.73. The molecule has 3 heteroatoms. The van der Waals surface area contributed by atoms with Gasteiger partial charge in [-0.05, 0) is 19.1 Å². The summed E-state index contributed by atoms with van der Waals surface area (Å²) in [5.74, 6) is 0.599. The van der Waals surface area contributed by atoms with Gasteiger partial charge in [-0.15, -0.1) is 0 Å². The first-order valence-electron chi connectivity index (χ1n) is 5.60. The van der Waals surface area contributed by atoms with Crippen LogP contribution < -0.4 is 5.43 Å². The second kappa shape index (κ2) is 4.53. The van der Waals surface area contributed by atoms with E-state index in [0.29, 0.717) is 23.2 Å². The SMILES string of the molecule is CC(=O)CC(C)c1cc(=O)c2ccccc2o1. The van der Waals surface area contributed by atoms with Crippen LogP contribution in [0.3, 0.4) is 0 Å². The monoisotopic (exact) mass is 230 g/mol. The van der Waals surface area contributed by atoms with Gasteiger partial charge in [0.25, 0.3) is 0 Å². The third kappa shape index (κ3) is 2.44. The summed E-state index contributed by atoms with van der Waals surface area (Å²) in [5, 5.41) is 0.575. The quantitative estimate of drug-likeness (QED) is 0.814. The fourth-order valence-corrected chi connectivity index (χ4v) is 1.90. The van der Waals surface area contributed by atoms with Gasteiger partial charge in [-0.25, -0.2) is 0 Å². The summed E-state index contributed by atoms with van der Waals surface area (Å²) >= 11 is 0. The molecule has 2 rings (SSSR count). The second-order valence-corrected chi connectivity index (χ2v) is 4.32. The van der Waals surface area contributed by atoms with E-state index in [2.05, 4.69) is 0 Å². The predicted octanol–water partition coefficient (Wildman–Crippen LogP) is 2.88. The Labute approximate surface area is 99.1 Å². The molecule has 0 radical (unpaired) electrons. The molecule has 1 unspecified atom stereocenters. The van der Waals surface area contributed by atoms with Crippen LogP contribution in [0.25, 0.3) is 11.0 Å². The van der Waals surface area contributed by atoms with Crippen LogP contribution in [0.1, 0.15) is 31.9 Å². The molecule has 0 amide bonds. The molecule has 88 valence electrons. The number of para-hydroxylation sites is 1. The maximum absolute atomic E-state index is 11.8. The number of ketones is 1. The Balaban J connectivity index is 2.50. The predicted molar refractivity (Wildman–Crippen MR) is 66.2 cm³/mol. The first-order chi connectivity index (χ1) is 8.08. The lowest BCUT2D eigenvalue weighted by molar-refractivity contribution is -0.117. The molecule has 0 aliphatic rings. The van der Waals surface area contributed by atoms with Crippen molar-refractivity contribution in [2.24, 2.45) is 0 Å². The van der Waals surface area contributed by atoms with Crippen molar-refractivity contribution >= 4 is 16.8 Å². The summed E-state index contributed by atoms with van der Waals surface area (Å²) in [7, 11) is 0. The Morgan fingerprint density at radius 3 is 2.76 bits per heavy atom. The first-order valence-corrected chi connectivity index (χ1v) is 5.60. The van der Waals surface area contributed by atoms with Gasteiger partial charge in [0.2, 0.25) is 0 Å². The highest BCUT2D eigenvalue weighted by Crippen LogP contribution is 2.21. The zero-order valence-corrected chi connectivity index (χ0v) is 9.90. The van der Waals surface area contributed by atoms with Crippen LogP contribution in [0.4, 0.5) is 0 Å². The molecule has 17 heavy (non-hydrogen) atoms. The summed E-state index contributed by atoms with van der Waals surface area (Å²) < 4.78 is 5.65. The second-order valence-electron chi connectivity index (χ2n) is 4.32. The Morgan fingerprint density at radius 1 is 1.35 bits per heavy atom. The number of benzene rings is 1. The molecule has 2 aromatic rings. The van der Waals surface area contributed by atoms with E-state index in [9.17, 15) is 9.59 Å². The lowest BCUT2D eigenvalue weighted by Gasteiger charge is -2.09. The van der Waals surface area contributed by atoms with E-state index in [0.717, 1.165) is 0 Å². The van der Waals surface area contributed by atoms with Crippen LogP contribution in [0.5, 0.6) is 0 Å². The number of Topliss-reactive ketones (excluding diaryl/α,β-unsaturated/α-hetero) is 1. The Kier molecular flexibility index (Phi) is 3.09. The molecule has 0 saturated carbocycles. The molecule has 3 nitrogen and oxygen atoms in total. The average molecular weight is 230 g/mol. The highest BCUT2D eigenvalue weighted by atomic mass is 16.3.